The molecular weight excluding hydrogens is 1010 g/mol. The summed E-state index contributed by atoms with van der Waals surface area (Å²) in [7, 11) is 1.52. The summed E-state index contributed by atoms with van der Waals surface area (Å²) in [6.45, 7) is 35.8. The zero-order chi connectivity index (χ0) is 59.6. The predicted molar refractivity (Wildman–Crippen MR) is 347 cm³/mol. The van der Waals surface area contributed by atoms with Gasteiger partial charge in [0.2, 0.25) is 0 Å². The summed E-state index contributed by atoms with van der Waals surface area (Å²) < 4.78 is 4.90. The van der Waals surface area contributed by atoms with Gasteiger partial charge in [-0.05, 0) is 317 Å². The third-order valence-corrected chi connectivity index (χ3v) is 32.1. The van der Waals surface area contributed by atoms with Gasteiger partial charge in [-0.25, -0.2) is 0 Å². The number of ketones is 1. The summed E-state index contributed by atoms with van der Waals surface area (Å²) in [6.07, 6.45) is 45.2. The molecule has 12 aliphatic carbocycles. The first-order chi connectivity index (χ1) is 39.4. The molecule has 12 fully saturated rings. The van der Waals surface area contributed by atoms with Gasteiger partial charge in [-0.1, -0.05) is 135 Å². The number of rotatable bonds is 13. The Balaban J connectivity index is 0.000000139. The second kappa shape index (κ2) is 25.8. The second-order valence-corrected chi connectivity index (χ2v) is 36.5. The Morgan fingerprint density at radius 1 is 0.458 bits per heavy atom. The monoisotopic (exact) mass is 1150 g/mol. The van der Waals surface area contributed by atoms with Gasteiger partial charge in [-0.15, -0.1) is 0 Å². The van der Waals surface area contributed by atoms with E-state index in [4.69, 9.17) is 4.74 Å². The number of methoxy groups -OCH3 is 1. The number of Topliss-reactive ketones (excluding diaryl/α,β-unsaturated/α-hetero) is 1. The molecule has 4 heteroatoms. The van der Waals surface area contributed by atoms with Crippen molar-refractivity contribution in [3.05, 3.63) is 0 Å². The molecule has 4 nitrogen and oxygen atoms in total. The molecule has 12 rings (SSSR count). The summed E-state index contributed by atoms with van der Waals surface area (Å²) >= 11 is 0. The second-order valence-electron chi connectivity index (χ2n) is 36.5. The molecule has 0 aliphatic heterocycles. The molecule has 476 valence electrons. The van der Waals surface area contributed by atoms with E-state index in [1.54, 1.807) is 0 Å². The van der Waals surface area contributed by atoms with Crippen molar-refractivity contribution in [1.82, 2.24) is 0 Å². The minimum atomic E-state index is -0.0342. The molecule has 0 aromatic rings. The number of aliphatic hydroxyl groups is 1. The van der Waals surface area contributed by atoms with Crippen LogP contribution in [0.3, 0.4) is 0 Å². The highest BCUT2D eigenvalue weighted by atomic mass is 16.5. The summed E-state index contributed by atoms with van der Waals surface area (Å²) in [4.78, 5) is 25.0. The minimum Gasteiger partial charge on any atom is -0.469 e. The predicted octanol–water partition coefficient (Wildman–Crippen LogP) is 21.5. The fourth-order valence-electron chi connectivity index (χ4n) is 27.4. The smallest absolute Gasteiger partial charge is 0.305 e. The number of aliphatic hydroxyl groups excluding tert-OH is 1. The lowest BCUT2D eigenvalue weighted by Crippen LogP contribution is -2.56. The van der Waals surface area contributed by atoms with E-state index in [0.717, 1.165) is 132 Å². The lowest BCUT2D eigenvalue weighted by Gasteiger charge is -2.61. The van der Waals surface area contributed by atoms with Crippen LogP contribution in [0.4, 0.5) is 0 Å². The maximum atomic E-state index is 13.3. The molecule has 12 saturated carbocycles. The SMILES string of the molecule is CC(C)CCCC(C)C1CCC2C3CC(=O)C4CC(C)CCC4(C)C3CCC12C.CC1CCC2(C)C(CCC3C2CCC2(C)C(C(C)CCCO)CCC32)C1.COC(=O)CCC(C)C1CCC2C3CCC4CC(C)CCC4(C)C3CCC12C. The first kappa shape index (κ1) is 65.1. The van der Waals surface area contributed by atoms with E-state index in [2.05, 4.69) is 96.9 Å². The molecule has 0 amide bonds. The van der Waals surface area contributed by atoms with Crippen LogP contribution >= 0.6 is 0 Å². The largest absolute Gasteiger partial charge is 0.469 e. The number of carbonyl (C=O) groups is 2. The highest BCUT2D eigenvalue weighted by molar-refractivity contribution is 5.83. The van der Waals surface area contributed by atoms with Crippen molar-refractivity contribution in [2.45, 2.75) is 309 Å². The van der Waals surface area contributed by atoms with Crippen molar-refractivity contribution in [3.8, 4) is 0 Å². The van der Waals surface area contributed by atoms with Crippen LogP contribution in [-0.4, -0.2) is 30.6 Å². The van der Waals surface area contributed by atoms with Crippen molar-refractivity contribution in [1.29, 1.82) is 0 Å². The maximum absolute atomic E-state index is 13.3. The Morgan fingerprint density at radius 2 is 0.843 bits per heavy atom. The summed E-state index contributed by atoms with van der Waals surface area (Å²) in [6, 6.07) is 0. The maximum Gasteiger partial charge on any atom is 0.305 e. The van der Waals surface area contributed by atoms with E-state index in [-0.39, 0.29) is 5.97 Å². The lowest BCUT2D eigenvalue weighted by atomic mass is 9.43. The van der Waals surface area contributed by atoms with Crippen LogP contribution in [0, 0.1) is 163 Å². The third kappa shape index (κ3) is 12.1. The number of esters is 1. The van der Waals surface area contributed by atoms with Crippen molar-refractivity contribution < 1.29 is 19.4 Å². The van der Waals surface area contributed by atoms with E-state index >= 15 is 0 Å². The van der Waals surface area contributed by atoms with Gasteiger partial charge in [-0.2, -0.15) is 0 Å². The summed E-state index contributed by atoms with van der Waals surface area (Å²) in [5, 5.41) is 9.27. The van der Waals surface area contributed by atoms with E-state index in [1.807, 2.05) is 0 Å². The number of hydrogen-bond acceptors (Lipinski definition) is 4. The molecule has 0 aromatic heterocycles. The van der Waals surface area contributed by atoms with Gasteiger partial charge in [0.15, 0.2) is 0 Å². The molecular formula is C79H136O4. The Bertz CT molecular complexity index is 2160. The van der Waals surface area contributed by atoms with Crippen LogP contribution in [0.5, 0.6) is 0 Å². The van der Waals surface area contributed by atoms with Crippen LogP contribution in [0.15, 0.2) is 0 Å². The first-order valence-electron chi connectivity index (χ1n) is 37.6. The Hall–Kier alpha value is -0.900. The molecule has 27 atom stereocenters. The van der Waals surface area contributed by atoms with Crippen LogP contribution in [0.25, 0.3) is 0 Å². The molecule has 0 heterocycles. The molecule has 0 radical (unpaired) electrons. The normalized spacial score (nSPS) is 49.6. The molecule has 0 aromatic carbocycles. The van der Waals surface area contributed by atoms with E-state index < -0.39 is 0 Å². The van der Waals surface area contributed by atoms with Gasteiger partial charge in [0, 0.05) is 25.4 Å². The van der Waals surface area contributed by atoms with Crippen molar-refractivity contribution in [3.63, 3.8) is 0 Å². The quantitative estimate of drug-likeness (QED) is 0.187. The van der Waals surface area contributed by atoms with Gasteiger partial charge < -0.3 is 9.84 Å². The van der Waals surface area contributed by atoms with Crippen molar-refractivity contribution in [2.24, 2.45) is 163 Å². The van der Waals surface area contributed by atoms with Crippen LogP contribution in [0.1, 0.15) is 309 Å². The highest BCUT2D eigenvalue weighted by Gasteiger charge is 2.65. The van der Waals surface area contributed by atoms with Crippen LogP contribution in [-0.2, 0) is 14.3 Å². The third-order valence-electron chi connectivity index (χ3n) is 32.1. The first-order valence-corrected chi connectivity index (χ1v) is 37.6. The standard InChI is InChI=1S/C28H48O.C26H44O2.C25H44O/c1-18(2)8-7-9-20(4)22-10-11-23-21-17-26(29)25-16-19(3)12-14-28(25,6)24(21)13-15-27(22,23)5;1-17-12-14-25(3)19(16-17)7-8-20-22-10-9-21(18(2)6-11-24(27)28-5)26(22,4)15-13-23(20)25;1-17-11-13-24(3)19(16-17)7-8-20-22-10-9-21(18(2)6-5-15-26)25(22,4)14-12-23(20)24/h18-25H,7-17H2,1-6H3;17-23H,6-16H2,1-5H3;17-23,26H,5-16H2,1-4H3. The molecule has 27 unspecified atom stereocenters. The van der Waals surface area contributed by atoms with Gasteiger partial charge in [0.1, 0.15) is 5.78 Å². The highest BCUT2D eigenvalue weighted by Crippen LogP contribution is 2.72. The average Bonchev–Trinajstić information content (AvgIpc) is 2.35. The summed E-state index contributed by atoms with van der Waals surface area (Å²) in [5.74, 6) is 19.8. The zero-order valence-corrected chi connectivity index (χ0v) is 57.4. The Kier molecular flexibility index (Phi) is 20.2. The van der Waals surface area contributed by atoms with E-state index in [1.165, 1.54) is 193 Å². The van der Waals surface area contributed by atoms with Gasteiger partial charge in [0.25, 0.3) is 0 Å². The molecule has 83 heavy (non-hydrogen) atoms. The number of hydrogen-bond donors (Lipinski definition) is 1. The van der Waals surface area contributed by atoms with Gasteiger partial charge >= 0.3 is 5.97 Å². The topological polar surface area (TPSA) is 63.6 Å². The molecule has 0 saturated heterocycles. The molecule has 0 bridgehead atoms. The fraction of sp³-hybridized carbons (Fsp3) is 0.975. The van der Waals surface area contributed by atoms with Crippen LogP contribution < -0.4 is 0 Å². The number of ether oxygens (including phenoxy) is 1. The Morgan fingerprint density at radius 3 is 1.29 bits per heavy atom. The van der Waals surface area contributed by atoms with Gasteiger partial charge in [0.05, 0.1) is 7.11 Å². The van der Waals surface area contributed by atoms with Crippen LogP contribution in [0.2, 0.25) is 0 Å². The fourth-order valence-corrected chi connectivity index (χ4v) is 27.4. The van der Waals surface area contributed by atoms with Gasteiger partial charge in [-0.3, -0.25) is 9.59 Å². The summed E-state index contributed by atoms with van der Waals surface area (Å²) in [5.41, 5.74) is 3.23. The molecule has 0 spiro atoms. The minimum absolute atomic E-state index is 0.0342. The lowest BCUT2D eigenvalue weighted by molar-refractivity contribution is -0.156. The van der Waals surface area contributed by atoms with E-state index in [0.29, 0.717) is 69.1 Å². The molecule has 12 aliphatic rings. The van der Waals surface area contributed by atoms with Crippen molar-refractivity contribution >= 4 is 11.8 Å². The Labute approximate surface area is 513 Å². The number of fused-ring (bicyclic) bond motifs is 15. The van der Waals surface area contributed by atoms with Crippen molar-refractivity contribution in [2.75, 3.05) is 13.7 Å². The zero-order valence-electron chi connectivity index (χ0n) is 57.4. The average molecular weight is 1150 g/mol. The number of carbonyl (C=O) groups excluding carboxylic acids is 2. The molecule has 1 N–H and O–H groups in total. The van der Waals surface area contributed by atoms with E-state index in [9.17, 15) is 14.7 Å².